The van der Waals surface area contributed by atoms with Gasteiger partial charge in [-0.25, -0.2) is 0 Å². The SMILES string of the molecule is C=CC(C1=CC(=O)C(OC)=CC1=O)c1ccccc1.Cl.Cl.OCCN1CCN(CCCN2c3ccccc3Sc3ccc(C(F)(F)F)cc32)CC1. The van der Waals surface area contributed by atoms with Crippen molar-refractivity contribution in [3.8, 4) is 0 Å². The van der Waals surface area contributed by atoms with Gasteiger partial charge in [-0.2, -0.15) is 13.2 Å². The minimum atomic E-state index is -4.35. The summed E-state index contributed by atoms with van der Waals surface area (Å²) in [6.07, 6.45) is 0.751. The summed E-state index contributed by atoms with van der Waals surface area (Å²) in [6.45, 7) is 10.0. The molecule has 3 aromatic carbocycles. The number of halogens is 5. The molecule has 1 unspecified atom stereocenters. The molecule has 1 fully saturated rings. The highest BCUT2D eigenvalue weighted by Crippen LogP contribution is 2.49. The number of para-hydroxylation sites is 1. The predicted octanol–water partition coefficient (Wildman–Crippen LogP) is 7.72. The fraction of sp³-hybridized carbons (Fsp3) is 0.316. The Morgan fingerprint density at radius 2 is 1.47 bits per heavy atom. The van der Waals surface area contributed by atoms with Gasteiger partial charge in [0.2, 0.25) is 5.78 Å². The van der Waals surface area contributed by atoms with Gasteiger partial charge in [0.05, 0.1) is 30.7 Å². The summed E-state index contributed by atoms with van der Waals surface area (Å²) in [5, 5.41) is 9.07. The van der Waals surface area contributed by atoms with Crippen LogP contribution >= 0.6 is 36.6 Å². The highest BCUT2D eigenvalue weighted by Gasteiger charge is 2.33. The van der Waals surface area contributed by atoms with Gasteiger partial charge in [-0.05, 0) is 54.9 Å². The minimum Gasteiger partial charge on any atom is -0.493 e. The molecule has 51 heavy (non-hydrogen) atoms. The van der Waals surface area contributed by atoms with Crippen LogP contribution in [-0.4, -0.2) is 86.0 Å². The number of aliphatic hydroxyl groups is 1. The highest BCUT2D eigenvalue weighted by molar-refractivity contribution is 7.99. The minimum absolute atomic E-state index is 0. The number of piperazine rings is 1. The molecule has 1 aliphatic carbocycles. The Balaban J connectivity index is 0.000000291. The number of allylic oxidation sites excluding steroid dienone is 4. The first-order valence-corrected chi connectivity index (χ1v) is 17.0. The molecule has 1 saturated heterocycles. The average molecular weight is 765 g/mol. The Morgan fingerprint density at radius 3 is 2.10 bits per heavy atom. The van der Waals surface area contributed by atoms with E-state index in [0.717, 1.165) is 60.2 Å². The van der Waals surface area contributed by atoms with Crippen LogP contribution in [0.25, 0.3) is 0 Å². The number of carbonyl (C=O) groups is 2. The Bertz CT molecular complexity index is 1710. The molecule has 0 bridgehead atoms. The van der Waals surface area contributed by atoms with Gasteiger partial charge < -0.3 is 19.6 Å². The van der Waals surface area contributed by atoms with Crippen LogP contribution < -0.4 is 4.90 Å². The molecule has 274 valence electrons. The van der Waals surface area contributed by atoms with Crippen LogP contribution in [0.1, 0.15) is 23.5 Å². The molecule has 2 aliphatic heterocycles. The van der Waals surface area contributed by atoms with Crippen molar-refractivity contribution in [1.29, 1.82) is 0 Å². The molecule has 3 aliphatic rings. The number of methoxy groups -OCH3 is 1. The number of hydrogen-bond acceptors (Lipinski definition) is 8. The lowest BCUT2D eigenvalue weighted by atomic mass is 9.85. The van der Waals surface area contributed by atoms with E-state index in [2.05, 4.69) is 16.4 Å². The maximum atomic E-state index is 13.3. The van der Waals surface area contributed by atoms with E-state index in [0.29, 0.717) is 24.4 Å². The number of rotatable bonds is 10. The van der Waals surface area contributed by atoms with Crippen molar-refractivity contribution in [1.82, 2.24) is 9.80 Å². The molecule has 0 radical (unpaired) electrons. The maximum absolute atomic E-state index is 13.3. The zero-order chi connectivity index (χ0) is 35.0. The second-order valence-electron chi connectivity index (χ2n) is 11.8. The van der Waals surface area contributed by atoms with Crippen LogP contribution in [-0.2, 0) is 20.5 Å². The zero-order valence-corrected chi connectivity index (χ0v) is 30.6. The summed E-state index contributed by atoms with van der Waals surface area (Å²) >= 11 is 1.53. The van der Waals surface area contributed by atoms with E-state index in [9.17, 15) is 22.8 Å². The van der Waals surface area contributed by atoms with E-state index >= 15 is 0 Å². The van der Waals surface area contributed by atoms with Crippen molar-refractivity contribution in [2.75, 3.05) is 64.4 Å². The largest absolute Gasteiger partial charge is 0.493 e. The lowest BCUT2D eigenvalue weighted by molar-refractivity contribution is -0.137. The van der Waals surface area contributed by atoms with E-state index in [1.54, 1.807) is 12.1 Å². The molecule has 0 amide bonds. The smallest absolute Gasteiger partial charge is 0.416 e. The van der Waals surface area contributed by atoms with Crippen LogP contribution in [0.4, 0.5) is 24.5 Å². The first kappa shape index (κ1) is 41.8. The molecule has 1 atom stereocenters. The number of hydrogen-bond donors (Lipinski definition) is 1. The molecule has 3 aromatic rings. The molecule has 6 rings (SSSR count). The van der Waals surface area contributed by atoms with Crippen LogP contribution in [0, 0.1) is 0 Å². The number of aliphatic hydroxyl groups excluding tert-OH is 1. The zero-order valence-electron chi connectivity index (χ0n) is 28.2. The van der Waals surface area contributed by atoms with Gasteiger partial charge in [-0.15, -0.1) is 31.4 Å². The molecular weight excluding hydrogens is 722 g/mol. The van der Waals surface area contributed by atoms with Gasteiger partial charge in [-0.1, -0.05) is 60.3 Å². The van der Waals surface area contributed by atoms with Crippen LogP contribution in [0.15, 0.2) is 119 Å². The summed E-state index contributed by atoms with van der Waals surface area (Å²) in [4.78, 5) is 32.5. The van der Waals surface area contributed by atoms with E-state index < -0.39 is 11.7 Å². The topological polar surface area (TPSA) is 73.3 Å². The number of β-amino-alcohol motifs (C(OH)–C–C–N with tert-alkyl or cyclic N) is 1. The van der Waals surface area contributed by atoms with Crippen molar-refractivity contribution in [3.63, 3.8) is 0 Å². The number of ketones is 2. The summed E-state index contributed by atoms with van der Waals surface area (Å²) < 4.78 is 44.8. The molecule has 13 heteroatoms. The third-order valence-electron chi connectivity index (χ3n) is 8.72. The monoisotopic (exact) mass is 763 g/mol. The van der Waals surface area contributed by atoms with Crippen molar-refractivity contribution in [2.45, 2.75) is 28.3 Å². The van der Waals surface area contributed by atoms with Gasteiger partial charge in [0.15, 0.2) is 11.5 Å². The normalized spacial score (nSPS) is 16.5. The van der Waals surface area contributed by atoms with Gasteiger partial charge in [-0.3, -0.25) is 14.5 Å². The summed E-state index contributed by atoms with van der Waals surface area (Å²) in [5.74, 6) is -0.720. The van der Waals surface area contributed by atoms with E-state index in [1.165, 1.54) is 43.2 Å². The summed E-state index contributed by atoms with van der Waals surface area (Å²) in [5.41, 5.74) is 2.36. The fourth-order valence-corrected chi connectivity index (χ4v) is 7.22. The van der Waals surface area contributed by atoms with Crippen molar-refractivity contribution in [2.24, 2.45) is 0 Å². The lowest BCUT2D eigenvalue weighted by Gasteiger charge is -2.36. The molecule has 0 saturated carbocycles. The average Bonchev–Trinajstić information content (AvgIpc) is 3.10. The van der Waals surface area contributed by atoms with E-state index in [4.69, 9.17) is 9.84 Å². The Morgan fingerprint density at radius 1 is 0.843 bits per heavy atom. The molecule has 2 heterocycles. The molecular formula is C38H42Cl2F3N3O4S. The van der Waals surface area contributed by atoms with Gasteiger partial charge in [0, 0.05) is 66.6 Å². The van der Waals surface area contributed by atoms with E-state index in [1.807, 2.05) is 59.5 Å². The Kier molecular flexibility index (Phi) is 15.8. The second kappa shape index (κ2) is 19.3. The van der Waals surface area contributed by atoms with Gasteiger partial charge >= 0.3 is 6.18 Å². The Labute approximate surface area is 313 Å². The summed E-state index contributed by atoms with van der Waals surface area (Å²) in [7, 11) is 1.37. The predicted molar refractivity (Wildman–Crippen MR) is 201 cm³/mol. The second-order valence-corrected chi connectivity index (χ2v) is 12.9. The molecule has 7 nitrogen and oxygen atoms in total. The standard InChI is InChI=1S/C22H26F3N3OS.C16H14O3.2ClH/c23-22(24,25)17-6-7-21-19(16-17)28(18-4-1-2-5-20(18)30-21)9-3-8-26-10-12-27(13-11-26)14-15-29;1-3-12(11-7-5-4-6-8-11)13-9-15(18)16(19-2)10-14(13)17;;/h1-2,4-7,16,29H,3,8-15H2;3-10,12H,1H2,2H3;2*1H. The number of ether oxygens (including phenoxy) is 1. The third-order valence-corrected chi connectivity index (χ3v) is 9.85. The number of nitrogens with zero attached hydrogens (tertiary/aromatic N) is 3. The number of alkyl halides is 3. The number of carbonyl (C=O) groups excluding carboxylic acids is 2. The van der Waals surface area contributed by atoms with Crippen molar-refractivity contribution < 1.29 is 32.6 Å². The van der Waals surface area contributed by atoms with Crippen LogP contribution in [0.3, 0.4) is 0 Å². The van der Waals surface area contributed by atoms with Crippen LogP contribution in [0.5, 0.6) is 0 Å². The number of anilines is 2. The Hall–Kier alpha value is -3.58. The number of benzene rings is 3. The fourth-order valence-electron chi connectivity index (χ4n) is 6.14. The molecule has 0 aromatic heterocycles. The molecule has 0 spiro atoms. The molecule has 1 N–H and O–H groups in total. The van der Waals surface area contributed by atoms with Crippen molar-refractivity contribution in [3.05, 3.63) is 120 Å². The lowest BCUT2D eigenvalue weighted by Crippen LogP contribution is -2.47. The first-order chi connectivity index (χ1) is 23.6. The van der Waals surface area contributed by atoms with Gasteiger partial charge in [0.1, 0.15) is 0 Å². The number of fused-ring (bicyclic) bond motifs is 2. The van der Waals surface area contributed by atoms with E-state index in [-0.39, 0.29) is 54.7 Å². The maximum Gasteiger partial charge on any atom is 0.416 e. The van der Waals surface area contributed by atoms with Crippen LogP contribution in [0.2, 0.25) is 0 Å². The highest BCUT2D eigenvalue weighted by atomic mass is 35.5. The third kappa shape index (κ3) is 10.5. The quantitative estimate of drug-likeness (QED) is 0.166. The first-order valence-electron chi connectivity index (χ1n) is 16.2. The van der Waals surface area contributed by atoms with Crippen molar-refractivity contribution >= 4 is 59.5 Å². The summed E-state index contributed by atoms with van der Waals surface area (Å²) in [6, 6.07) is 21.4. The van der Waals surface area contributed by atoms with Gasteiger partial charge in [0.25, 0.3) is 0 Å².